The van der Waals surface area contributed by atoms with Crippen LogP contribution in [0.4, 0.5) is 4.79 Å². The molecule has 22 heavy (non-hydrogen) atoms. The first-order valence-corrected chi connectivity index (χ1v) is 8.92. The Kier molecular flexibility index (Phi) is 3.23. The van der Waals surface area contributed by atoms with Crippen LogP contribution in [0, 0.1) is 0 Å². The van der Waals surface area contributed by atoms with E-state index in [9.17, 15) is 9.59 Å². The minimum absolute atomic E-state index is 0.0719. The first-order valence-electron chi connectivity index (χ1n) is 6.88. The molecule has 2 aromatic rings. The largest absolute Gasteiger partial charge is 0.438 e. The zero-order valence-corrected chi connectivity index (χ0v) is 13.2. The van der Waals surface area contributed by atoms with Crippen LogP contribution in [-0.2, 0) is 11.3 Å². The molecule has 1 unspecified atom stereocenters. The Balaban J connectivity index is 1.54. The Morgan fingerprint density at radius 2 is 2.36 bits per heavy atom. The van der Waals surface area contributed by atoms with Crippen molar-refractivity contribution in [2.24, 2.45) is 0 Å². The lowest BCUT2D eigenvalue weighted by Gasteiger charge is -2.18. The van der Waals surface area contributed by atoms with E-state index in [1.165, 1.54) is 4.90 Å². The van der Waals surface area contributed by atoms with E-state index in [2.05, 4.69) is 10.3 Å². The molecule has 0 saturated carbocycles. The van der Waals surface area contributed by atoms with Crippen molar-refractivity contribution in [1.29, 1.82) is 0 Å². The standard InChI is InChI=1S/C14H13N3O3S2/c18-12-14(3-5-21-8-14)16-13(19)17(12)7-11-15-6-9(20-11)10-2-1-4-22-10/h1-2,4,6H,3,5,7-8H2,(H,16,19). The number of urea groups is 1. The summed E-state index contributed by atoms with van der Waals surface area (Å²) in [5.74, 6) is 2.39. The van der Waals surface area contributed by atoms with Crippen molar-refractivity contribution in [2.75, 3.05) is 11.5 Å². The SMILES string of the molecule is O=C1NC2(CCSC2)C(=O)N1Cc1ncc(-c2cccs2)o1. The lowest BCUT2D eigenvalue weighted by molar-refractivity contribution is -0.131. The van der Waals surface area contributed by atoms with Crippen molar-refractivity contribution in [3.05, 3.63) is 29.6 Å². The predicted molar refractivity (Wildman–Crippen MR) is 83.6 cm³/mol. The molecule has 4 heterocycles. The fourth-order valence-electron chi connectivity index (χ4n) is 2.70. The molecule has 1 N–H and O–H groups in total. The van der Waals surface area contributed by atoms with Gasteiger partial charge in [0, 0.05) is 5.75 Å². The topological polar surface area (TPSA) is 75.4 Å². The molecular formula is C14H13N3O3S2. The lowest BCUT2D eigenvalue weighted by atomic mass is 9.99. The first kappa shape index (κ1) is 13.8. The van der Waals surface area contributed by atoms with E-state index in [-0.39, 0.29) is 18.5 Å². The molecule has 2 aromatic heterocycles. The van der Waals surface area contributed by atoms with Crippen LogP contribution in [-0.4, -0.2) is 38.9 Å². The normalized spacial score (nSPS) is 24.5. The maximum absolute atomic E-state index is 12.5. The molecule has 1 atom stereocenters. The molecule has 114 valence electrons. The van der Waals surface area contributed by atoms with Crippen molar-refractivity contribution < 1.29 is 14.0 Å². The number of carbonyl (C=O) groups is 2. The molecule has 3 amide bonds. The average molecular weight is 335 g/mol. The summed E-state index contributed by atoms with van der Waals surface area (Å²) < 4.78 is 5.66. The predicted octanol–water partition coefficient (Wildman–Crippen LogP) is 2.33. The van der Waals surface area contributed by atoms with Gasteiger partial charge in [0.05, 0.1) is 11.1 Å². The van der Waals surface area contributed by atoms with Gasteiger partial charge < -0.3 is 9.73 Å². The number of oxazole rings is 1. The molecule has 2 aliphatic heterocycles. The molecule has 8 heteroatoms. The zero-order valence-electron chi connectivity index (χ0n) is 11.6. The number of nitrogens with zero attached hydrogens (tertiary/aromatic N) is 2. The Bertz CT molecular complexity index is 720. The molecule has 2 aliphatic rings. The summed E-state index contributed by atoms with van der Waals surface area (Å²) in [4.78, 5) is 31.0. The van der Waals surface area contributed by atoms with Gasteiger partial charge >= 0.3 is 6.03 Å². The summed E-state index contributed by atoms with van der Waals surface area (Å²) in [6.45, 7) is 0.0719. The monoisotopic (exact) mass is 335 g/mol. The quantitative estimate of drug-likeness (QED) is 0.871. The van der Waals surface area contributed by atoms with Gasteiger partial charge in [-0.05, 0) is 23.6 Å². The molecule has 0 aliphatic carbocycles. The van der Waals surface area contributed by atoms with E-state index < -0.39 is 5.54 Å². The average Bonchev–Trinajstić information content (AvgIpc) is 3.25. The minimum Gasteiger partial charge on any atom is -0.438 e. The summed E-state index contributed by atoms with van der Waals surface area (Å²) in [5, 5.41) is 4.79. The van der Waals surface area contributed by atoms with Crippen LogP contribution >= 0.6 is 23.1 Å². The van der Waals surface area contributed by atoms with Gasteiger partial charge in [-0.1, -0.05) is 6.07 Å². The highest BCUT2D eigenvalue weighted by Crippen LogP contribution is 2.34. The van der Waals surface area contributed by atoms with Crippen LogP contribution in [0.3, 0.4) is 0 Å². The molecule has 0 radical (unpaired) electrons. The van der Waals surface area contributed by atoms with E-state index in [1.807, 2.05) is 17.5 Å². The number of hydrogen-bond acceptors (Lipinski definition) is 6. The third-order valence-electron chi connectivity index (χ3n) is 3.88. The van der Waals surface area contributed by atoms with Crippen LogP contribution in [0.5, 0.6) is 0 Å². The first-order chi connectivity index (χ1) is 10.7. The maximum Gasteiger partial charge on any atom is 0.325 e. The van der Waals surface area contributed by atoms with Crippen LogP contribution in [0.1, 0.15) is 12.3 Å². The van der Waals surface area contributed by atoms with Crippen molar-refractivity contribution in [1.82, 2.24) is 15.2 Å². The second kappa shape index (κ2) is 5.13. The molecule has 4 rings (SSSR count). The van der Waals surface area contributed by atoms with Gasteiger partial charge in [0.1, 0.15) is 12.1 Å². The van der Waals surface area contributed by atoms with Crippen LogP contribution in [0.15, 0.2) is 28.1 Å². The maximum atomic E-state index is 12.5. The number of aromatic nitrogens is 1. The molecule has 2 saturated heterocycles. The van der Waals surface area contributed by atoms with Gasteiger partial charge in [0.2, 0.25) is 5.89 Å². The molecule has 6 nitrogen and oxygen atoms in total. The van der Waals surface area contributed by atoms with E-state index in [0.717, 1.165) is 10.6 Å². The van der Waals surface area contributed by atoms with Crippen molar-refractivity contribution >= 4 is 35.0 Å². The smallest absolute Gasteiger partial charge is 0.325 e. The van der Waals surface area contributed by atoms with E-state index in [4.69, 9.17) is 4.42 Å². The van der Waals surface area contributed by atoms with Crippen LogP contribution < -0.4 is 5.32 Å². The Morgan fingerprint density at radius 3 is 3.09 bits per heavy atom. The van der Waals surface area contributed by atoms with E-state index >= 15 is 0 Å². The summed E-state index contributed by atoms with van der Waals surface area (Å²) >= 11 is 3.24. The van der Waals surface area contributed by atoms with E-state index in [0.29, 0.717) is 23.8 Å². The van der Waals surface area contributed by atoms with Gasteiger partial charge in [0.25, 0.3) is 5.91 Å². The molecule has 0 aromatic carbocycles. The zero-order chi connectivity index (χ0) is 15.2. The molecule has 0 bridgehead atoms. The Morgan fingerprint density at radius 1 is 1.45 bits per heavy atom. The third kappa shape index (κ3) is 2.14. The summed E-state index contributed by atoms with van der Waals surface area (Å²) in [5.41, 5.74) is -0.717. The summed E-state index contributed by atoms with van der Waals surface area (Å²) in [6, 6.07) is 3.51. The number of imide groups is 1. The van der Waals surface area contributed by atoms with Crippen molar-refractivity contribution in [3.63, 3.8) is 0 Å². The van der Waals surface area contributed by atoms with Crippen LogP contribution in [0.25, 0.3) is 10.6 Å². The third-order valence-corrected chi connectivity index (χ3v) is 5.95. The van der Waals surface area contributed by atoms with Crippen LogP contribution in [0.2, 0.25) is 0 Å². The van der Waals surface area contributed by atoms with Gasteiger partial charge in [-0.3, -0.25) is 9.69 Å². The highest BCUT2D eigenvalue weighted by molar-refractivity contribution is 7.99. The van der Waals surface area contributed by atoms with Crippen molar-refractivity contribution in [3.8, 4) is 10.6 Å². The number of thioether (sulfide) groups is 1. The minimum atomic E-state index is -0.717. The fraction of sp³-hybridized carbons (Fsp3) is 0.357. The highest BCUT2D eigenvalue weighted by Gasteiger charge is 2.53. The lowest BCUT2D eigenvalue weighted by Crippen LogP contribution is -2.46. The highest BCUT2D eigenvalue weighted by atomic mass is 32.2. The number of nitrogens with one attached hydrogen (secondary N) is 1. The number of carbonyl (C=O) groups excluding carboxylic acids is 2. The molecule has 2 fully saturated rings. The van der Waals surface area contributed by atoms with Gasteiger partial charge in [-0.15, -0.1) is 11.3 Å². The second-order valence-corrected chi connectivity index (χ2v) is 7.35. The molecule has 1 spiro atoms. The van der Waals surface area contributed by atoms with Gasteiger partial charge in [-0.2, -0.15) is 11.8 Å². The number of rotatable bonds is 3. The van der Waals surface area contributed by atoms with E-state index in [1.54, 1.807) is 29.3 Å². The number of thiophene rings is 1. The summed E-state index contributed by atoms with van der Waals surface area (Å²) in [7, 11) is 0. The second-order valence-electron chi connectivity index (χ2n) is 5.30. The van der Waals surface area contributed by atoms with Crippen molar-refractivity contribution in [2.45, 2.75) is 18.5 Å². The number of hydrogen-bond donors (Lipinski definition) is 1. The van der Waals surface area contributed by atoms with Gasteiger partial charge in [-0.25, -0.2) is 9.78 Å². The fourth-order valence-corrected chi connectivity index (χ4v) is 4.70. The van der Waals surface area contributed by atoms with Gasteiger partial charge in [0.15, 0.2) is 5.76 Å². The molecular weight excluding hydrogens is 322 g/mol. The summed E-state index contributed by atoms with van der Waals surface area (Å²) in [6.07, 6.45) is 2.31. The number of amides is 3. The Labute approximate surface area is 134 Å². The Hall–Kier alpha value is -1.80.